The molecule has 0 saturated heterocycles. The minimum absolute atomic E-state index is 0.345. The molecule has 2 rings (SSSR count). The molecular weight excluding hydrogens is 235 g/mol. The fourth-order valence-electron chi connectivity index (χ4n) is 1.61. The maximum atomic E-state index is 13.3. The molecule has 0 unspecified atom stereocenters. The molecular formula is C13H11FN2S. The van der Waals surface area contributed by atoms with Gasteiger partial charge in [0, 0.05) is 19.3 Å². The summed E-state index contributed by atoms with van der Waals surface area (Å²) in [7, 11) is 1.88. The van der Waals surface area contributed by atoms with Crippen LogP contribution in [0.25, 0.3) is 0 Å². The summed E-state index contributed by atoms with van der Waals surface area (Å²) in [5, 5.41) is 12.9. The Labute approximate surface area is 104 Å². The second-order valence-electron chi connectivity index (χ2n) is 3.80. The van der Waals surface area contributed by atoms with Crippen molar-refractivity contribution in [1.29, 1.82) is 5.26 Å². The Kier molecular flexibility index (Phi) is 3.40. The molecule has 0 aliphatic rings. The zero-order valence-electron chi connectivity index (χ0n) is 9.35. The Balaban J connectivity index is 2.22. The van der Waals surface area contributed by atoms with Crippen molar-refractivity contribution in [2.45, 2.75) is 6.54 Å². The van der Waals surface area contributed by atoms with Crippen LogP contribution in [-0.2, 0) is 6.54 Å². The van der Waals surface area contributed by atoms with Crippen molar-refractivity contribution in [2.75, 3.05) is 11.9 Å². The Morgan fingerprint density at radius 3 is 2.88 bits per heavy atom. The van der Waals surface area contributed by atoms with E-state index in [1.807, 2.05) is 29.5 Å². The van der Waals surface area contributed by atoms with Gasteiger partial charge in [-0.15, -0.1) is 0 Å². The third-order valence-electron chi connectivity index (χ3n) is 2.45. The summed E-state index contributed by atoms with van der Waals surface area (Å²) >= 11 is 1.63. The Hall–Kier alpha value is -1.86. The Bertz CT molecular complexity index is 543. The van der Waals surface area contributed by atoms with Crippen LogP contribution in [0.3, 0.4) is 0 Å². The quantitative estimate of drug-likeness (QED) is 0.830. The van der Waals surface area contributed by atoms with E-state index in [0.717, 1.165) is 0 Å². The third kappa shape index (κ3) is 2.83. The molecule has 1 aromatic heterocycles. The van der Waals surface area contributed by atoms with Gasteiger partial charge in [-0.3, -0.25) is 0 Å². The zero-order valence-corrected chi connectivity index (χ0v) is 10.2. The number of benzene rings is 1. The SMILES string of the molecule is CN(Cc1ccsc1)c1cc(F)cc(C#N)c1. The van der Waals surface area contributed by atoms with E-state index >= 15 is 0 Å². The van der Waals surface area contributed by atoms with E-state index in [1.165, 1.54) is 17.7 Å². The summed E-state index contributed by atoms with van der Waals surface area (Å²) in [6.45, 7) is 0.706. The molecule has 0 aliphatic carbocycles. The minimum Gasteiger partial charge on any atom is -0.370 e. The van der Waals surface area contributed by atoms with Crippen molar-refractivity contribution in [3.05, 3.63) is 52.0 Å². The molecule has 86 valence electrons. The minimum atomic E-state index is -0.379. The molecule has 17 heavy (non-hydrogen) atoms. The molecule has 0 fully saturated rings. The summed E-state index contributed by atoms with van der Waals surface area (Å²) in [5.74, 6) is -0.379. The number of hydrogen-bond acceptors (Lipinski definition) is 3. The third-order valence-corrected chi connectivity index (χ3v) is 3.18. The van der Waals surface area contributed by atoms with Gasteiger partial charge in [-0.05, 0) is 40.6 Å². The van der Waals surface area contributed by atoms with Crippen molar-refractivity contribution < 1.29 is 4.39 Å². The number of anilines is 1. The first-order chi connectivity index (χ1) is 8.19. The first-order valence-electron chi connectivity index (χ1n) is 5.12. The van der Waals surface area contributed by atoms with E-state index in [4.69, 9.17) is 5.26 Å². The molecule has 0 radical (unpaired) electrons. The monoisotopic (exact) mass is 246 g/mol. The Morgan fingerprint density at radius 1 is 1.41 bits per heavy atom. The van der Waals surface area contributed by atoms with Crippen LogP contribution in [0.15, 0.2) is 35.0 Å². The molecule has 0 spiro atoms. The van der Waals surface area contributed by atoms with Crippen molar-refractivity contribution in [1.82, 2.24) is 0 Å². The van der Waals surface area contributed by atoms with E-state index in [0.29, 0.717) is 17.8 Å². The van der Waals surface area contributed by atoms with Crippen LogP contribution in [0.4, 0.5) is 10.1 Å². The summed E-state index contributed by atoms with van der Waals surface area (Å²) in [4.78, 5) is 1.92. The van der Waals surface area contributed by atoms with Crippen molar-refractivity contribution in [3.63, 3.8) is 0 Å². The fraction of sp³-hybridized carbons (Fsp3) is 0.154. The van der Waals surface area contributed by atoms with Crippen LogP contribution in [0.1, 0.15) is 11.1 Å². The molecule has 2 aromatic rings. The second kappa shape index (κ2) is 4.98. The van der Waals surface area contributed by atoms with Crippen LogP contribution in [-0.4, -0.2) is 7.05 Å². The molecule has 1 heterocycles. The van der Waals surface area contributed by atoms with Crippen LogP contribution >= 0.6 is 11.3 Å². The predicted molar refractivity (Wildman–Crippen MR) is 67.5 cm³/mol. The maximum Gasteiger partial charge on any atom is 0.126 e. The van der Waals surface area contributed by atoms with Gasteiger partial charge in [-0.1, -0.05) is 0 Å². The molecule has 0 aliphatic heterocycles. The van der Waals surface area contributed by atoms with Gasteiger partial charge in [0.15, 0.2) is 0 Å². The van der Waals surface area contributed by atoms with Gasteiger partial charge in [0.2, 0.25) is 0 Å². The Morgan fingerprint density at radius 2 is 2.24 bits per heavy atom. The van der Waals surface area contributed by atoms with Gasteiger partial charge < -0.3 is 4.90 Å². The average molecular weight is 246 g/mol. The summed E-state index contributed by atoms with van der Waals surface area (Å²) < 4.78 is 13.3. The average Bonchev–Trinajstić information content (AvgIpc) is 2.81. The first-order valence-corrected chi connectivity index (χ1v) is 6.06. The van der Waals surface area contributed by atoms with Crippen molar-refractivity contribution in [3.8, 4) is 6.07 Å². The lowest BCUT2D eigenvalue weighted by atomic mass is 10.2. The normalized spacial score (nSPS) is 9.94. The number of rotatable bonds is 3. The van der Waals surface area contributed by atoms with E-state index in [1.54, 1.807) is 17.4 Å². The lowest BCUT2D eigenvalue weighted by Gasteiger charge is -2.18. The standard InChI is InChI=1S/C13H11FN2S/c1-16(8-10-2-3-17-9-10)13-5-11(7-15)4-12(14)6-13/h2-6,9H,8H2,1H3. The number of hydrogen-bond donors (Lipinski definition) is 0. The summed E-state index contributed by atoms with van der Waals surface area (Å²) in [6, 6.07) is 8.36. The van der Waals surface area contributed by atoms with E-state index in [9.17, 15) is 4.39 Å². The van der Waals surface area contributed by atoms with E-state index < -0.39 is 0 Å². The van der Waals surface area contributed by atoms with Crippen LogP contribution in [0.5, 0.6) is 0 Å². The zero-order chi connectivity index (χ0) is 12.3. The van der Waals surface area contributed by atoms with Gasteiger partial charge in [0.25, 0.3) is 0 Å². The van der Waals surface area contributed by atoms with Crippen LogP contribution in [0.2, 0.25) is 0 Å². The first kappa shape index (κ1) is 11.6. The number of thiophene rings is 1. The lowest BCUT2D eigenvalue weighted by Crippen LogP contribution is -2.16. The highest BCUT2D eigenvalue weighted by atomic mass is 32.1. The predicted octanol–water partition coefficient (Wildman–Crippen LogP) is 3.40. The number of nitriles is 1. The van der Waals surface area contributed by atoms with E-state index in [2.05, 4.69) is 5.38 Å². The van der Waals surface area contributed by atoms with Crippen molar-refractivity contribution in [2.24, 2.45) is 0 Å². The highest BCUT2D eigenvalue weighted by Gasteiger charge is 2.06. The smallest absolute Gasteiger partial charge is 0.126 e. The molecule has 1 aromatic carbocycles. The van der Waals surface area contributed by atoms with Crippen LogP contribution in [0, 0.1) is 17.1 Å². The topological polar surface area (TPSA) is 27.0 Å². The molecule has 2 nitrogen and oxygen atoms in total. The highest BCUT2D eigenvalue weighted by Crippen LogP contribution is 2.19. The lowest BCUT2D eigenvalue weighted by molar-refractivity contribution is 0.626. The largest absolute Gasteiger partial charge is 0.370 e. The summed E-state index contributed by atoms with van der Waals surface area (Å²) in [6.07, 6.45) is 0. The number of nitrogens with zero attached hydrogens (tertiary/aromatic N) is 2. The second-order valence-corrected chi connectivity index (χ2v) is 4.58. The molecule has 0 N–H and O–H groups in total. The van der Waals surface area contributed by atoms with Crippen LogP contribution < -0.4 is 4.90 Å². The fourth-order valence-corrected chi connectivity index (χ4v) is 2.27. The summed E-state index contributed by atoms with van der Waals surface area (Å²) in [5.41, 5.74) is 2.24. The van der Waals surface area contributed by atoms with Gasteiger partial charge in [-0.2, -0.15) is 16.6 Å². The molecule has 0 amide bonds. The number of halogens is 1. The van der Waals surface area contributed by atoms with Gasteiger partial charge in [0.1, 0.15) is 5.82 Å². The van der Waals surface area contributed by atoms with E-state index in [-0.39, 0.29) is 5.82 Å². The molecule has 0 saturated carbocycles. The molecule has 0 bridgehead atoms. The van der Waals surface area contributed by atoms with Crippen molar-refractivity contribution >= 4 is 17.0 Å². The molecule has 0 atom stereocenters. The van der Waals surface area contributed by atoms with Gasteiger partial charge in [0.05, 0.1) is 11.6 Å². The maximum absolute atomic E-state index is 13.3. The van der Waals surface area contributed by atoms with Gasteiger partial charge in [-0.25, -0.2) is 4.39 Å². The highest BCUT2D eigenvalue weighted by molar-refractivity contribution is 7.07. The van der Waals surface area contributed by atoms with Gasteiger partial charge >= 0.3 is 0 Å². The molecule has 4 heteroatoms.